The molecule has 0 unspecified atom stereocenters. The number of hydrogen-bond acceptors (Lipinski definition) is 7. The molecule has 1 saturated heterocycles. The predicted octanol–water partition coefficient (Wildman–Crippen LogP) is 3.79. The molecule has 1 fully saturated rings. The van der Waals surface area contributed by atoms with Crippen LogP contribution in [-0.4, -0.2) is 43.2 Å². The van der Waals surface area contributed by atoms with Gasteiger partial charge in [-0.3, -0.25) is 4.72 Å². The van der Waals surface area contributed by atoms with Gasteiger partial charge in [-0.05, 0) is 37.5 Å². The van der Waals surface area contributed by atoms with Crippen molar-refractivity contribution in [2.24, 2.45) is 0 Å². The molecule has 33 heavy (non-hydrogen) atoms. The fourth-order valence-electron chi connectivity index (χ4n) is 4.05. The molecule has 2 aromatic carbocycles. The first-order chi connectivity index (χ1) is 15.7. The fraction of sp³-hybridized carbons (Fsp3) is 0.318. The van der Waals surface area contributed by atoms with Crippen LogP contribution >= 0.6 is 22.9 Å². The lowest BCUT2D eigenvalue weighted by atomic mass is 9.88. The number of β-amino-alcohol motifs (C(OH)–C–C–N with tert-alkyl or cyclic N) is 1. The molecule has 176 valence electrons. The number of nitrogens with one attached hydrogen (secondary N) is 3. The van der Waals surface area contributed by atoms with E-state index in [2.05, 4.69) is 26.4 Å². The number of rotatable bonds is 8. The number of halogens is 2. The SMILES string of the molecule is Cc1cccc(C[C@@]2(CNc3cc(F)c(S(=O)(=O)Nc4nccs4)cc3Cl)C[C@H](O)CN2)c1. The molecular formula is C22H24ClFN4O3S2. The highest BCUT2D eigenvalue weighted by atomic mass is 35.5. The summed E-state index contributed by atoms with van der Waals surface area (Å²) in [7, 11) is -4.18. The van der Waals surface area contributed by atoms with E-state index in [0.717, 1.165) is 34.6 Å². The number of benzene rings is 2. The maximum Gasteiger partial charge on any atom is 0.266 e. The van der Waals surface area contributed by atoms with Gasteiger partial charge in [0.2, 0.25) is 0 Å². The fourth-order valence-corrected chi connectivity index (χ4v) is 6.22. The second-order valence-corrected chi connectivity index (χ2v) is 11.2. The molecule has 0 bridgehead atoms. The van der Waals surface area contributed by atoms with Crippen LogP contribution in [0, 0.1) is 12.7 Å². The molecule has 1 aliphatic rings. The number of nitrogens with zero attached hydrogens (tertiary/aromatic N) is 1. The van der Waals surface area contributed by atoms with Crippen LogP contribution in [0.15, 0.2) is 52.9 Å². The minimum Gasteiger partial charge on any atom is -0.392 e. The van der Waals surface area contributed by atoms with Gasteiger partial charge in [-0.15, -0.1) is 11.3 Å². The summed E-state index contributed by atoms with van der Waals surface area (Å²) < 4.78 is 42.2. The number of sulfonamides is 1. The average Bonchev–Trinajstić information content (AvgIpc) is 3.38. The van der Waals surface area contributed by atoms with Crippen LogP contribution in [-0.2, 0) is 16.4 Å². The summed E-state index contributed by atoms with van der Waals surface area (Å²) in [6, 6.07) is 10.3. The zero-order chi connectivity index (χ0) is 23.6. The van der Waals surface area contributed by atoms with E-state index in [1.165, 1.54) is 6.20 Å². The first-order valence-corrected chi connectivity index (χ1v) is 13.0. The van der Waals surface area contributed by atoms with Gasteiger partial charge in [0.05, 0.1) is 16.8 Å². The lowest BCUT2D eigenvalue weighted by molar-refractivity contribution is 0.185. The van der Waals surface area contributed by atoms with Crippen molar-refractivity contribution in [2.45, 2.75) is 36.3 Å². The Morgan fingerprint density at radius 2 is 2.18 bits per heavy atom. The van der Waals surface area contributed by atoms with E-state index in [4.69, 9.17) is 11.6 Å². The molecule has 0 amide bonds. The van der Waals surface area contributed by atoms with E-state index in [1.807, 2.05) is 25.1 Å². The van der Waals surface area contributed by atoms with Gasteiger partial charge in [0.15, 0.2) is 5.13 Å². The first-order valence-electron chi connectivity index (χ1n) is 10.3. The van der Waals surface area contributed by atoms with Crippen molar-refractivity contribution in [2.75, 3.05) is 23.1 Å². The predicted molar refractivity (Wildman–Crippen MR) is 129 cm³/mol. The number of aryl methyl sites for hydroxylation is 1. The lowest BCUT2D eigenvalue weighted by Gasteiger charge is -2.31. The zero-order valence-electron chi connectivity index (χ0n) is 17.8. The molecule has 0 aliphatic carbocycles. The number of hydrogen-bond donors (Lipinski definition) is 4. The highest BCUT2D eigenvalue weighted by molar-refractivity contribution is 7.93. The van der Waals surface area contributed by atoms with Crippen LogP contribution in [0.25, 0.3) is 0 Å². The molecule has 3 aromatic rings. The topological polar surface area (TPSA) is 103 Å². The molecule has 0 spiro atoms. The van der Waals surface area contributed by atoms with Gasteiger partial charge in [0.25, 0.3) is 10.0 Å². The van der Waals surface area contributed by atoms with Crippen molar-refractivity contribution in [1.29, 1.82) is 0 Å². The molecule has 1 aromatic heterocycles. The molecule has 2 atom stereocenters. The van der Waals surface area contributed by atoms with Crippen LogP contribution in [0.5, 0.6) is 0 Å². The van der Waals surface area contributed by atoms with E-state index >= 15 is 0 Å². The molecule has 11 heteroatoms. The summed E-state index contributed by atoms with van der Waals surface area (Å²) in [5.41, 5.74) is 2.06. The summed E-state index contributed by atoms with van der Waals surface area (Å²) in [4.78, 5) is 3.30. The summed E-state index contributed by atoms with van der Waals surface area (Å²) in [5.74, 6) is -0.932. The molecule has 0 saturated carbocycles. The lowest BCUT2D eigenvalue weighted by Crippen LogP contribution is -2.48. The molecule has 2 heterocycles. The average molecular weight is 511 g/mol. The summed E-state index contributed by atoms with van der Waals surface area (Å²) in [6.45, 7) is 2.84. The van der Waals surface area contributed by atoms with Gasteiger partial charge < -0.3 is 15.7 Å². The third kappa shape index (κ3) is 5.64. The Kier molecular flexibility index (Phi) is 6.92. The van der Waals surface area contributed by atoms with Crippen LogP contribution in [0.1, 0.15) is 17.5 Å². The third-order valence-electron chi connectivity index (χ3n) is 5.55. The Morgan fingerprint density at radius 1 is 1.36 bits per heavy atom. The van der Waals surface area contributed by atoms with E-state index in [-0.39, 0.29) is 15.8 Å². The van der Waals surface area contributed by atoms with Crippen molar-refractivity contribution < 1.29 is 17.9 Å². The minimum atomic E-state index is -4.18. The quantitative estimate of drug-likeness (QED) is 0.367. The Balaban J connectivity index is 1.53. The highest BCUT2D eigenvalue weighted by Crippen LogP contribution is 2.31. The third-order valence-corrected chi connectivity index (χ3v) is 8.03. The smallest absolute Gasteiger partial charge is 0.266 e. The number of thiazole rings is 1. The van der Waals surface area contributed by atoms with E-state index in [0.29, 0.717) is 25.9 Å². The maximum atomic E-state index is 14.8. The van der Waals surface area contributed by atoms with Crippen molar-refractivity contribution in [3.05, 3.63) is 69.9 Å². The Labute approximate surface area is 201 Å². The summed E-state index contributed by atoms with van der Waals surface area (Å²) in [5, 5.41) is 18.5. The van der Waals surface area contributed by atoms with Gasteiger partial charge in [0, 0.05) is 30.2 Å². The highest BCUT2D eigenvalue weighted by Gasteiger charge is 2.38. The van der Waals surface area contributed by atoms with Gasteiger partial charge in [-0.1, -0.05) is 41.4 Å². The monoisotopic (exact) mass is 510 g/mol. The van der Waals surface area contributed by atoms with E-state index in [1.54, 1.807) is 5.38 Å². The summed E-state index contributed by atoms with van der Waals surface area (Å²) in [6.07, 6.45) is 2.12. The van der Waals surface area contributed by atoms with Crippen LogP contribution < -0.4 is 15.4 Å². The molecule has 1 aliphatic heterocycles. The second-order valence-electron chi connectivity index (χ2n) is 8.24. The van der Waals surface area contributed by atoms with Crippen molar-refractivity contribution in [3.63, 3.8) is 0 Å². The van der Waals surface area contributed by atoms with Crippen LogP contribution in [0.4, 0.5) is 15.2 Å². The van der Waals surface area contributed by atoms with Gasteiger partial charge >= 0.3 is 0 Å². The maximum absolute atomic E-state index is 14.8. The second kappa shape index (κ2) is 9.55. The van der Waals surface area contributed by atoms with E-state index in [9.17, 15) is 17.9 Å². The van der Waals surface area contributed by atoms with Gasteiger partial charge in [-0.2, -0.15) is 0 Å². The van der Waals surface area contributed by atoms with Gasteiger partial charge in [0.1, 0.15) is 10.7 Å². The van der Waals surface area contributed by atoms with Crippen molar-refractivity contribution >= 4 is 43.8 Å². The van der Waals surface area contributed by atoms with Crippen molar-refractivity contribution in [3.8, 4) is 0 Å². The Morgan fingerprint density at radius 3 is 2.85 bits per heavy atom. The Hall–Kier alpha value is -2.24. The molecule has 7 nitrogen and oxygen atoms in total. The molecular weight excluding hydrogens is 487 g/mol. The van der Waals surface area contributed by atoms with Crippen LogP contribution in [0.3, 0.4) is 0 Å². The first kappa shape index (κ1) is 23.9. The van der Waals surface area contributed by atoms with Crippen molar-refractivity contribution in [1.82, 2.24) is 10.3 Å². The molecule has 4 rings (SSSR count). The zero-order valence-corrected chi connectivity index (χ0v) is 20.2. The molecule has 4 N–H and O–H groups in total. The van der Waals surface area contributed by atoms with Gasteiger partial charge in [-0.25, -0.2) is 17.8 Å². The number of aliphatic hydroxyl groups excluding tert-OH is 1. The Bertz CT molecular complexity index is 1240. The molecule has 0 radical (unpaired) electrons. The number of anilines is 2. The normalized spacial score (nSPS) is 20.7. The summed E-state index contributed by atoms with van der Waals surface area (Å²) >= 11 is 7.41. The van der Waals surface area contributed by atoms with Crippen LogP contribution in [0.2, 0.25) is 5.02 Å². The van der Waals surface area contributed by atoms with E-state index < -0.39 is 32.4 Å². The number of aromatic nitrogens is 1. The largest absolute Gasteiger partial charge is 0.392 e. The number of aliphatic hydroxyl groups is 1. The standard InChI is InChI=1S/C22H24ClFN4O3S2/c1-14-3-2-4-15(7-14)10-22(11-16(29)12-27-22)13-26-19-9-18(24)20(8-17(19)23)33(30,31)28-21-25-5-6-32-21/h2-9,16,26-27,29H,10-13H2,1H3,(H,25,28)/t16-,22-/m0/s1. The minimum absolute atomic E-state index is 0.0696.